The molecule has 0 fully saturated rings. The first kappa shape index (κ1) is 26.5. The van der Waals surface area contributed by atoms with Crippen LogP contribution in [0.1, 0.15) is 57.3 Å². The van der Waals surface area contributed by atoms with Crippen LogP contribution in [-0.2, 0) is 10.8 Å². The van der Waals surface area contributed by atoms with E-state index in [0.717, 1.165) is 33.5 Å². The van der Waals surface area contributed by atoms with E-state index in [2.05, 4.69) is 49.4 Å². The van der Waals surface area contributed by atoms with Gasteiger partial charge in [0.05, 0.1) is 33.6 Å². The van der Waals surface area contributed by atoms with Crippen molar-refractivity contribution < 1.29 is 4.11 Å². The average molecular weight is 611 g/mol. The summed E-state index contributed by atoms with van der Waals surface area (Å²) in [5, 5.41) is 0. The normalized spacial score (nSPS) is 15.0. The van der Waals surface area contributed by atoms with Crippen LogP contribution in [0.5, 0.6) is 0 Å². The molecule has 4 aromatic carbocycles. The molecule has 7 rings (SSSR count). The monoisotopic (exact) mass is 610 g/mol. The van der Waals surface area contributed by atoms with Gasteiger partial charge in [0.15, 0.2) is 0 Å². The standard InChI is InChI=1S/C44H37N3/c1-32-38(33-18-7-4-8-19-33)31-39(47-42(32)44(3,36-23-11-6-12-24-36)41-27-14-16-29-46-41)34-20-17-25-37(30-34)43(2,35-21-9-5-10-22-35)40-26-13-15-28-45-40/h4-31H,1-3H3/i1D3. The molecule has 0 saturated carbocycles. The van der Waals surface area contributed by atoms with Crippen molar-refractivity contribution in [3.05, 3.63) is 209 Å². The van der Waals surface area contributed by atoms with E-state index >= 15 is 0 Å². The van der Waals surface area contributed by atoms with E-state index in [1.807, 2.05) is 128 Å². The smallest absolute Gasteiger partial charge is 0.0771 e. The molecule has 0 bridgehead atoms. The van der Waals surface area contributed by atoms with Crippen molar-refractivity contribution in [3.63, 3.8) is 0 Å². The highest BCUT2D eigenvalue weighted by molar-refractivity contribution is 5.76. The van der Waals surface area contributed by atoms with Crippen LogP contribution >= 0.6 is 0 Å². The van der Waals surface area contributed by atoms with Gasteiger partial charge in [-0.1, -0.05) is 121 Å². The van der Waals surface area contributed by atoms with Gasteiger partial charge in [0.2, 0.25) is 0 Å². The Morgan fingerprint density at radius 2 is 1.00 bits per heavy atom. The summed E-state index contributed by atoms with van der Waals surface area (Å²) >= 11 is 0. The Kier molecular flexibility index (Phi) is 7.12. The Morgan fingerprint density at radius 1 is 0.489 bits per heavy atom. The second kappa shape index (κ2) is 12.6. The number of aromatic nitrogens is 3. The maximum atomic E-state index is 8.96. The molecular formula is C44H37N3. The Labute approximate surface area is 281 Å². The van der Waals surface area contributed by atoms with Gasteiger partial charge < -0.3 is 0 Å². The zero-order valence-corrected chi connectivity index (χ0v) is 26.5. The molecular weight excluding hydrogens is 571 g/mol. The van der Waals surface area contributed by atoms with Crippen LogP contribution in [0.25, 0.3) is 22.4 Å². The topological polar surface area (TPSA) is 38.7 Å². The van der Waals surface area contributed by atoms with Gasteiger partial charge in [0.25, 0.3) is 0 Å². The Bertz CT molecular complexity index is 2130. The van der Waals surface area contributed by atoms with E-state index in [9.17, 15) is 0 Å². The van der Waals surface area contributed by atoms with Gasteiger partial charge in [0, 0.05) is 22.1 Å². The highest BCUT2D eigenvalue weighted by atomic mass is 14.8. The second-order valence-electron chi connectivity index (χ2n) is 12.1. The minimum atomic E-state index is -2.48. The molecule has 3 nitrogen and oxygen atoms in total. The van der Waals surface area contributed by atoms with Crippen LogP contribution in [0.2, 0.25) is 0 Å². The number of hydrogen-bond acceptors (Lipinski definition) is 3. The van der Waals surface area contributed by atoms with Crippen LogP contribution in [0, 0.1) is 6.85 Å². The van der Waals surface area contributed by atoms with Crippen LogP contribution < -0.4 is 0 Å². The van der Waals surface area contributed by atoms with Crippen LogP contribution in [0.3, 0.4) is 0 Å². The fraction of sp³-hybridized carbons (Fsp3) is 0.114. The van der Waals surface area contributed by atoms with Gasteiger partial charge in [-0.15, -0.1) is 0 Å². The van der Waals surface area contributed by atoms with E-state index in [-0.39, 0.29) is 5.56 Å². The third kappa shape index (κ3) is 5.44. The fourth-order valence-electron chi connectivity index (χ4n) is 6.62. The maximum Gasteiger partial charge on any atom is 0.0771 e. The van der Waals surface area contributed by atoms with Gasteiger partial charge in [0.1, 0.15) is 0 Å². The lowest BCUT2D eigenvalue weighted by molar-refractivity contribution is 0.637. The lowest BCUT2D eigenvalue weighted by Gasteiger charge is -2.32. The van der Waals surface area contributed by atoms with Gasteiger partial charge in [-0.25, -0.2) is 0 Å². The first-order chi connectivity index (χ1) is 24.2. The summed E-state index contributed by atoms with van der Waals surface area (Å²) < 4.78 is 26.9. The highest BCUT2D eigenvalue weighted by Crippen LogP contribution is 2.43. The summed E-state index contributed by atoms with van der Waals surface area (Å²) in [6.45, 7) is 1.75. The summed E-state index contributed by atoms with van der Waals surface area (Å²) in [5.41, 5.74) is 6.71. The number of rotatable bonds is 8. The van der Waals surface area contributed by atoms with E-state index in [0.29, 0.717) is 22.6 Å². The molecule has 0 N–H and O–H groups in total. The van der Waals surface area contributed by atoms with Crippen molar-refractivity contribution in [2.75, 3.05) is 0 Å². The van der Waals surface area contributed by atoms with Crippen molar-refractivity contribution in [1.82, 2.24) is 15.0 Å². The second-order valence-corrected chi connectivity index (χ2v) is 12.1. The zero-order chi connectivity index (χ0) is 34.8. The molecule has 0 spiro atoms. The molecule has 0 aliphatic heterocycles. The molecule has 2 atom stereocenters. The minimum absolute atomic E-state index is 0.211. The van der Waals surface area contributed by atoms with Crippen LogP contribution in [-0.4, -0.2) is 15.0 Å². The molecule has 0 amide bonds. The maximum absolute atomic E-state index is 8.96. The quantitative estimate of drug-likeness (QED) is 0.172. The number of nitrogens with zero attached hydrogens (tertiary/aromatic N) is 3. The highest BCUT2D eigenvalue weighted by Gasteiger charge is 2.37. The van der Waals surface area contributed by atoms with E-state index in [1.165, 1.54) is 0 Å². The zero-order valence-electron chi connectivity index (χ0n) is 29.5. The number of pyridine rings is 3. The SMILES string of the molecule is [2H]C([2H])([2H])c1c(-c2ccccc2)cc(-c2cccc(C(C)(c3ccccc3)c3ccccn3)c2)nc1C(C)(c1ccccc1)c1ccccn1. The number of benzene rings is 4. The molecule has 2 unspecified atom stereocenters. The lowest BCUT2D eigenvalue weighted by atomic mass is 9.72. The van der Waals surface area contributed by atoms with Crippen molar-refractivity contribution in [2.24, 2.45) is 0 Å². The molecule has 0 aliphatic rings. The van der Waals surface area contributed by atoms with E-state index in [4.69, 9.17) is 19.1 Å². The van der Waals surface area contributed by atoms with Crippen molar-refractivity contribution in [2.45, 2.75) is 31.5 Å². The predicted octanol–water partition coefficient (Wildman–Crippen LogP) is 10.2. The van der Waals surface area contributed by atoms with Gasteiger partial charge in [-0.05, 0) is 90.5 Å². The molecule has 228 valence electrons. The fourth-order valence-corrected chi connectivity index (χ4v) is 6.62. The van der Waals surface area contributed by atoms with Crippen LogP contribution in [0.15, 0.2) is 170 Å². The summed E-state index contributed by atoms with van der Waals surface area (Å²) in [6.07, 6.45) is 3.58. The molecule has 3 aromatic heterocycles. The molecule has 7 aromatic rings. The summed E-state index contributed by atoms with van der Waals surface area (Å²) in [7, 11) is 0. The lowest BCUT2D eigenvalue weighted by Crippen LogP contribution is -2.29. The third-order valence-corrected chi connectivity index (χ3v) is 9.37. The van der Waals surface area contributed by atoms with Gasteiger partial charge in [-0.3, -0.25) is 15.0 Å². The van der Waals surface area contributed by atoms with Gasteiger partial charge in [-0.2, -0.15) is 0 Å². The molecule has 0 aliphatic carbocycles. The Morgan fingerprint density at radius 3 is 1.57 bits per heavy atom. The summed E-state index contributed by atoms with van der Waals surface area (Å²) in [6, 6.07) is 52.2. The van der Waals surface area contributed by atoms with Crippen molar-refractivity contribution >= 4 is 0 Å². The minimum Gasteiger partial charge on any atom is -0.260 e. The van der Waals surface area contributed by atoms with E-state index in [1.54, 1.807) is 6.20 Å². The van der Waals surface area contributed by atoms with Gasteiger partial charge >= 0.3 is 0 Å². The van der Waals surface area contributed by atoms with E-state index < -0.39 is 17.7 Å². The predicted molar refractivity (Wildman–Crippen MR) is 192 cm³/mol. The average Bonchev–Trinajstić information content (AvgIpc) is 3.18. The first-order valence-corrected chi connectivity index (χ1v) is 15.9. The molecule has 3 heteroatoms. The van der Waals surface area contributed by atoms with Crippen LogP contribution in [0.4, 0.5) is 0 Å². The third-order valence-electron chi connectivity index (χ3n) is 9.37. The largest absolute Gasteiger partial charge is 0.260 e. The first-order valence-electron chi connectivity index (χ1n) is 17.4. The Hall–Kier alpha value is -5.67. The van der Waals surface area contributed by atoms with Crippen molar-refractivity contribution in [3.8, 4) is 22.4 Å². The molecule has 47 heavy (non-hydrogen) atoms. The molecule has 0 radical (unpaired) electrons. The molecule has 0 saturated heterocycles. The molecule has 3 heterocycles. The number of hydrogen-bond donors (Lipinski definition) is 0. The van der Waals surface area contributed by atoms with Crippen molar-refractivity contribution in [1.29, 1.82) is 0 Å². The Balaban J connectivity index is 1.55. The summed E-state index contributed by atoms with van der Waals surface area (Å²) in [5.74, 6) is 0. The summed E-state index contributed by atoms with van der Waals surface area (Å²) in [4.78, 5) is 15.0.